The van der Waals surface area contributed by atoms with Gasteiger partial charge < -0.3 is 9.67 Å². The summed E-state index contributed by atoms with van der Waals surface area (Å²) in [5.41, 5.74) is 7.09. The second-order valence-corrected chi connectivity index (χ2v) is 9.72. The predicted molar refractivity (Wildman–Crippen MR) is 150 cm³/mol. The first-order valence-corrected chi connectivity index (χ1v) is 12.6. The molecule has 1 N–H and O–H groups in total. The van der Waals surface area contributed by atoms with Crippen molar-refractivity contribution < 1.29 is 5.11 Å². The number of fused-ring (bicyclic) bond motifs is 7. The van der Waals surface area contributed by atoms with Gasteiger partial charge >= 0.3 is 0 Å². The molecule has 3 nitrogen and oxygen atoms in total. The number of pyridine rings is 1. The zero-order valence-corrected chi connectivity index (χ0v) is 20.0. The lowest BCUT2D eigenvalue weighted by Crippen LogP contribution is -2.28. The van der Waals surface area contributed by atoms with E-state index in [9.17, 15) is 5.11 Å². The minimum absolute atomic E-state index is 0.820. The Morgan fingerprint density at radius 2 is 1.16 bits per heavy atom. The van der Waals surface area contributed by atoms with Crippen molar-refractivity contribution >= 4 is 32.7 Å². The van der Waals surface area contributed by atoms with Gasteiger partial charge in [0, 0.05) is 38.4 Å². The summed E-state index contributed by atoms with van der Waals surface area (Å²) in [5, 5.41) is 16.3. The minimum Gasteiger partial charge on any atom is -0.376 e. The van der Waals surface area contributed by atoms with Crippen LogP contribution in [0.15, 0.2) is 127 Å². The second kappa shape index (κ2) is 7.39. The highest BCUT2D eigenvalue weighted by molar-refractivity contribution is 6.09. The van der Waals surface area contributed by atoms with E-state index in [1.807, 2.05) is 48.5 Å². The van der Waals surface area contributed by atoms with Gasteiger partial charge in [-0.15, -0.1) is 0 Å². The van der Waals surface area contributed by atoms with Crippen molar-refractivity contribution in [2.45, 2.75) is 5.60 Å². The lowest BCUT2D eigenvalue weighted by molar-refractivity contribution is 0.130. The molecular weight excluding hydrogens is 452 g/mol. The Bertz CT molecular complexity index is 1970. The van der Waals surface area contributed by atoms with Gasteiger partial charge in [0.05, 0.1) is 27.9 Å². The summed E-state index contributed by atoms with van der Waals surface area (Å²) in [7, 11) is 0. The molecule has 37 heavy (non-hydrogen) atoms. The van der Waals surface area contributed by atoms with Gasteiger partial charge in [0.15, 0.2) is 0 Å². The zero-order valence-electron chi connectivity index (χ0n) is 20.0. The first-order chi connectivity index (χ1) is 18.2. The SMILES string of the molecule is OC1(c2ccccc2-n2c3ccccc3c3ccccc32)c2ccccc2-c2nc3ccccc3cc21. The molecule has 0 spiro atoms. The molecule has 0 bridgehead atoms. The van der Waals surface area contributed by atoms with Gasteiger partial charge in [-0.1, -0.05) is 97.1 Å². The topological polar surface area (TPSA) is 38.0 Å². The van der Waals surface area contributed by atoms with Crippen LogP contribution in [-0.2, 0) is 5.60 Å². The second-order valence-electron chi connectivity index (χ2n) is 9.72. The summed E-state index contributed by atoms with van der Waals surface area (Å²) < 4.78 is 2.28. The van der Waals surface area contributed by atoms with Crippen LogP contribution in [0.4, 0.5) is 0 Å². The third kappa shape index (κ3) is 2.66. The first-order valence-electron chi connectivity index (χ1n) is 12.6. The maximum Gasteiger partial charge on any atom is 0.145 e. The van der Waals surface area contributed by atoms with Crippen molar-refractivity contribution in [3.8, 4) is 16.9 Å². The predicted octanol–water partition coefficient (Wildman–Crippen LogP) is 7.60. The minimum atomic E-state index is -1.36. The van der Waals surface area contributed by atoms with Gasteiger partial charge in [0.2, 0.25) is 0 Å². The van der Waals surface area contributed by atoms with Crippen LogP contribution >= 0.6 is 0 Å². The molecular formula is C34H22N2O. The number of hydrogen-bond acceptors (Lipinski definition) is 2. The molecule has 0 fully saturated rings. The van der Waals surface area contributed by atoms with Crippen LogP contribution in [0.3, 0.4) is 0 Å². The maximum absolute atomic E-state index is 12.9. The average Bonchev–Trinajstić information content (AvgIpc) is 3.42. The van der Waals surface area contributed by atoms with Gasteiger partial charge in [0.1, 0.15) is 5.60 Å². The maximum atomic E-state index is 12.9. The van der Waals surface area contributed by atoms with E-state index in [0.717, 1.165) is 55.6 Å². The van der Waals surface area contributed by atoms with Gasteiger partial charge in [-0.25, -0.2) is 4.98 Å². The molecule has 7 aromatic rings. The van der Waals surface area contributed by atoms with E-state index in [4.69, 9.17) is 4.98 Å². The fraction of sp³-hybridized carbons (Fsp3) is 0.0294. The van der Waals surface area contributed by atoms with E-state index in [-0.39, 0.29) is 0 Å². The molecule has 0 amide bonds. The van der Waals surface area contributed by atoms with E-state index in [1.54, 1.807) is 0 Å². The van der Waals surface area contributed by atoms with Crippen LogP contribution in [0.1, 0.15) is 16.7 Å². The van der Waals surface area contributed by atoms with Crippen LogP contribution in [-0.4, -0.2) is 14.7 Å². The highest BCUT2D eigenvalue weighted by atomic mass is 16.3. The third-order valence-corrected chi connectivity index (χ3v) is 7.80. The normalized spacial score (nSPS) is 16.4. The van der Waals surface area contributed by atoms with Gasteiger partial charge in [0.25, 0.3) is 0 Å². The fourth-order valence-corrected chi connectivity index (χ4v) is 6.19. The van der Waals surface area contributed by atoms with Crippen molar-refractivity contribution in [2.24, 2.45) is 0 Å². The molecule has 3 heteroatoms. The molecule has 0 radical (unpaired) electrons. The van der Waals surface area contributed by atoms with Gasteiger partial charge in [-0.3, -0.25) is 0 Å². The Labute approximate surface area is 213 Å². The molecule has 1 unspecified atom stereocenters. The summed E-state index contributed by atoms with van der Waals surface area (Å²) in [6, 6.07) is 43.5. The Morgan fingerprint density at radius 3 is 1.95 bits per heavy atom. The monoisotopic (exact) mass is 474 g/mol. The number of aliphatic hydroxyl groups is 1. The van der Waals surface area contributed by atoms with Crippen LogP contribution in [0, 0.1) is 0 Å². The number of benzene rings is 5. The third-order valence-electron chi connectivity index (χ3n) is 7.80. The summed E-state index contributed by atoms with van der Waals surface area (Å²) >= 11 is 0. The van der Waals surface area contributed by atoms with E-state index in [1.165, 1.54) is 10.8 Å². The van der Waals surface area contributed by atoms with Crippen LogP contribution in [0.5, 0.6) is 0 Å². The van der Waals surface area contributed by atoms with Gasteiger partial charge in [-0.05, 0) is 30.3 Å². The summed E-state index contributed by atoms with van der Waals surface area (Å²) in [4.78, 5) is 5.04. The van der Waals surface area contributed by atoms with Gasteiger partial charge in [-0.2, -0.15) is 0 Å². The quantitative estimate of drug-likeness (QED) is 0.280. The number of rotatable bonds is 2. The molecule has 5 aromatic carbocycles. The summed E-state index contributed by atoms with van der Waals surface area (Å²) in [5.74, 6) is 0. The Hall–Kier alpha value is -4.73. The number of aromatic nitrogens is 2. The van der Waals surface area contributed by atoms with E-state index in [2.05, 4.69) is 83.4 Å². The lowest BCUT2D eigenvalue weighted by atomic mass is 9.83. The largest absolute Gasteiger partial charge is 0.376 e. The van der Waals surface area contributed by atoms with Crippen molar-refractivity contribution in [1.82, 2.24) is 9.55 Å². The highest BCUT2D eigenvalue weighted by Crippen LogP contribution is 2.52. The standard InChI is InChI=1S/C34H22N2O/c37-34(26-15-5-2-14-25(26)33-28(34)21-22-11-1-7-17-29(22)35-33)27-16-6-10-20-32(27)36-30-18-8-3-12-23(30)24-13-4-9-19-31(24)36/h1-21,37H. The molecule has 1 aliphatic rings. The van der Waals surface area contributed by atoms with E-state index >= 15 is 0 Å². The van der Waals surface area contributed by atoms with E-state index < -0.39 is 5.60 Å². The van der Waals surface area contributed by atoms with Crippen molar-refractivity contribution in [1.29, 1.82) is 0 Å². The van der Waals surface area contributed by atoms with Crippen molar-refractivity contribution in [3.05, 3.63) is 144 Å². The molecule has 1 atom stereocenters. The first kappa shape index (κ1) is 20.5. The summed E-state index contributed by atoms with van der Waals surface area (Å²) in [6.45, 7) is 0. The van der Waals surface area contributed by atoms with Crippen molar-refractivity contribution in [2.75, 3.05) is 0 Å². The molecule has 2 heterocycles. The van der Waals surface area contributed by atoms with Crippen LogP contribution in [0.2, 0.25) is 0 Å². The molecule has 0 saturated carbocycles. The molecule has 8 rings (SSSR count). The molecule has 1 aliphatic carbocycles. The average molecular weight is 475 g/mol. The molecule has 2 aromatic heterocycles. The zero-order chi connectivity index (χ0) is 24.6. The van der Waals surface area contributed by atoms with Crippen LogP contribution in [0.25, 0.3) is 49.7 Å². The van der Waals surface area contributed by atoms with E-state index in [0.29, 0.717) is 0 Å². The molecule has 0 aliphatic heterocycles. The molecule has 0 saturated heterocycles. The van der Waals surface area contributed by atoms with Crippen LogP contribution < -0.4 is 0 Å². The van der Waals surface area contributed by atoms with Crippen molar-refractivity contribution in [3.63, 3.8) is 0 Å². The Balaban J connectivity index is 1.50. The number of nitrogens with zero attached hydrogens (tertiary/aromatic N) is 2. The number of para-hydroxylation sites is 4. The fourth-order valence-electron chi connectivity index (χ4n) is 6.19. The highest BCUT2D eigenvalue weighted by Gasteiger charge is 2.45. The lowest BCUT2D eigenvalue weighted by Gasteiger charge is -2.29. The summed E-state index contributed by atoms with van der Waals surface area (Å²) in [6.07, 6.45) is 0. The smallest absolute Gasteiger partial charge is 0.145 e. The number of hydrogen-bond donors (Lipinski definition) is 1. The Kier molecular flexibility index (Phi) is 4.09. The Morgan fingerprint density at radius 1 is 0.568 bits per heavy atom. The molecule has 174 valence electrons.